The molecule has 5 rings (SSSR count). The van der Waals surface area contributed by atoms with Gasteiger partial charge in [0.2, 0.25) is 0 Å². The van der Waals surface area contributed by atoms with Crippen molar-refractivity contribution in [2.45, 2.75) is 62.8 Å². The van der Waals surface area contributed by atoms with E-state index in [0.717, 1.165) is 67.6 Å². The molecule has 0 bridgehead atoms. The molecule has 3 aromatic rings. The molecule has 2 fully saturated rings. The lowest BCUT2D eigenvalue weighted by Crippen LogP contribution is -2.38. The Bertz CT molecular complexity index is 1260. The van der Waals surface area contributed by atoms with Gasteiger partial charge in [-0.25, -0.2) is 9.97 Å². The summed E-state index contributed by atoms with van der Waals surface area (Å²) in [5.74, 6) is 0.821. The van der Waals surface area contributed by atoms with E-state index in [1.165, 1.54) is 6.07 Å². The van der Waals surface area contributed by atoms with Crippen LogP contribution < -0.4 is 10.5 Å². The molecule has 8 nitrogen and oxygen atoms in total. The Balaban J connectivity index is 1.26. The highest BCUT2D eigenvalue weighted by atomic mass is 19.4. The molecule has 1 aliphatic carbocycles. The van der Waals surface area contributed by atoms with Gasteiger partial charge in [-0.3, -0.25) is 4.79 Å². The Morgan fingerprint density at radius 2 is 1.81 bits per heavy atom. The number of imidazole rings is 1. The fourth-order valence-electron chi connectivity index (χ4n) is 5.55. The summed E-state index contributed by atoms with van der Waals surface area (Å²) in [4.78, 5) is 27.6. The van der Waals surface area contributed by atoms with Crippen LogP contribution in [-0.2, 0) is 4.74 Å². The van der Waals surface area contributed by atoms with E-state index < -0.39 is 12.1 Å². The van der Waals surface area contributed by atoms with Crippen molar-refractivity contribution in [2.24, 2.45) is 0 Å². The zero-order chi connectivity index (χ0) is 26.2. The number of likely N-dealkylation sites (tertiary alicyclic amines) is 1. The monoisotopic (exact) mass is 517 g/mol. The first-order chi connectivity index (χ1) is 17.7. The molecule has 0 unspecified atom stereocenters. The number of pyridine rings is 1. The van der Waals surface area contributed by atoms with Crippen molar-refractivity contribution in [3.8, 4) is 5.75 Å². The summed E-state index contributed by atoms with van der Waals surface area (Å²) in [5.41, 5.74) is 8.83. The third-order valence-electron chi connectivity index (χ3n) is 7.55. The van der Waals surface area contributed by atoms with Crippen molar-refractivity contribution >= 4 is 22.8 Å². The lowest BCUT2D eigenvalue weighted by Gasteiger charge is -2.32. The van der Waals surface area contributed by atoms with Crippen molar-refractivity contribution in [3.05, 3.63) is 47.4 Å². The highest BCUT2D eigenvalue weighted by Crippen LogP contribution is 2.36. The summed E-state index contributed by atoms with van der Waals surface area (Å²) in [6.45, 7) is 1.02. The van der Waals surface area contributed by atoms with E-state index in [4.69, 9.17) is 15.5 Å². The van der Waals surface area contributed by atoms with Gasteiger partial charge in [0.25, 0.3) is 5.91 Å². The molecule has 3 heterocycles. The number of anilines is 1. The third-order valence-corrected chi connectivity index (χ3v) is 7.55. The van der Waals surface area contributed by atoms with E-state index >= 15 is 0 Å². The topological polar surface area (TPSA) is 106 Å². The predicted octanol–water partition coefficient (Wildman–Crippen LogP) is 5.13. The normalized spacial score (nSPS) is 21.4. The van der Waals surface area contributed by atoms with Gasteiger partial charge in [0.15, 0.2) is 5.65 Å². The first kappa shape index (κ1) is 25.3. The van der Waals surface area contributed by atoms with Gasteiger partial charge in [0.1, 0.15) is 11.6 Å². The van der Waals surface area contributed by atoms with Crippen LogP contribution >= 0.6 is 0 Å². The van der Waals surface area contributed by atoms with Gasteiger partial charge in [-0.2, -0.15) is 0 Å². The lowest BCUT2D eigenvalue weighted by atomic mass is 9.87. The molecule has 37 heavy (non-hydrogen) atoms. The van der Waals surface area contributed by atoms with E-state index in [9.17, 15) is 18.0 Å². The summed E-state index contributed by atoms with van der Waals surface area (Å²) in [6.07, 6.45) is 2.87. The number of hydrogen-bond acceptors (Lipinski definition) is 6. The molecule has 11 heteroatoms. The number of aromatic nitrogens is 3. The summed E-state index contributed by atoms with van der Waals surface area (Å²) >= 11 is 0. The van der Waals surface area contributed by atoms with Gasteiger partial charge in [-0.15, -0.1) is 13.2 Å². The molecule has 1 saturated heterocycles. The number of amides is 1. The van der Waals surface area contributed by atoms with Crippen molar-refractivity contribution in [1.29, 1.82) is 0 Å². The van der Waals surface area contributed by atoms with Crippen LogP contribution in [-0.4, -0.2) is 58.4 Å². The van der Waals surface area contributed by atoms with E-state index in [-0.39, 0.29) is 23.1 Å². The Kier molecular flexibility index (Phi) is 6.98. The smallest absolute Gasteiger partial charge is 0.406 e. The van der Waals surface area contributed by atoms with Crippen molar-refractivity contribution in [3.63, 3.8) is 0 Å². The van der Waals surface area contributed by atoms with Crippen LogP contribution in [0, 0.1) is 0 Å². The highest BCUT2D eigenvalue weighted by molar-refractivity contribution is 5.99. The number of nitrogens with one attached hydrogen (secondary N) is 1. The molecule has 0 atom stereocenters. The van der Waals surface area contributed by atoms with Gasteiger partial charge >= 0.3 is 6.36 Å². The minimum atomic E-state index is -4.82. The fraction of sp³-hybridized carbons (Fsp3) is 0.500. The van der Waals surface area contributed by atoms with Crippen LogP contribution in [0.5, 0.6) is 5.75 Å². The SMILES string of the molecule is COC1CCC(c2nc3nccc(C4CCN(C(=O)c5ccc(OC(F)(F)F)cc5N)CC4)c3[nH]2)CC1. The molecular weight excluding hydrogens is 487 g/mol. The minimum absolute atomic E-state index is 0.0470. The molecule has 1 aromatic carbocycles. The number of ether oxygens (including phenoxy) is 2. The molecule has 1 saturated carbocycles. The number of carbonyl (C=O) groups is 1. The maximum Gasteiger partial charge on any atom is 0.573 e. The van der Waals surface area contributed by atoms with Crippen LogP contribution in [0.2, 0.25) is 0 Å². The quantitative estimate of drug-likeness (QED) is 0.455. The average molecular weight is 518 g/mol. The van der Waals surface area contributed by atoms with E-state index in [1.54, 1.807) is 18.2 Å². The van der Waals surface area contributed by atoms with Crippen LogP contribution in [0.1, 0.15) is 72.1 Å². The largest absolute Gasteiger partial charge is 0.573 e. The Morgan fingerprint density at radius 3 is 2.46 bits per heavy atom. The number of alkyl halides is 3. The molecular formula is C26H30F3N5O3. The average Bonchev–Trinajstić information content (AvgIpc) is 3.32. The second kappa shape index (κ2) is 10.2. The number of hydrogen-bond donors (Lipinski definition) is 2. The number of carbonyl (C=O) groups excluding carboxylic acids is 1. The Labute approximate surface area is 212 Å². The van der Waals surface area contributed by atoms with E-state index in [2.05, 4.69) is 14.7 Å². The molecule has 1 aliphatic heterocycles. The number of rotatable bonds is 5. The fourth-order valence-corrected chi connectivity index (χ4v) is 5.55. The van der Waals surface area contributed by atoms with Gasteiger partial charge in [-0.05, 0) is 68.2 Å². The third kappa shape index (κ3) is 5.51. The molecule has 2 aliphatic rings. The maximum absolute atomic E-state index is 13.0. The Hall–Kier alpha value is -3.34. The summed E-state index contributed by atoms with van der Waals surface area (Å²) in [6, 6.07) is 5.43. The number of aromatic amines is 1. The molecule has 1 amide bonds. The number of H-pyrrole nitrogens is 1. The molecule has 3 N–H and O–H groups in total. The second-order valence-corrected chi connectivity index (χ2v) is 9.79. The summed E-state index contributed by atoms with van der Waals surface area (Å²) < 4.78 is 46.8. The number of benzene rings is 1. The number of nitrogen functional groups attached to an aromatic ring is 1. The van der Waals surface area contributed by atoms with Gasteiger partial charge < -0.3 is 25.1 Å². The number of nitrogens with two attached hydrogens (primary N) is 1. The van der Waals surface area contributed by atoms with Crippen LogP contribution in [0.3, 0.4) is 0 Å². The zero-order valence-electron chi connectivity index (χ0n) is 20.6. The first-order valence-electron chi connectivity index (χ1n) is 12.5. The van der Waals surface area contributed by atoms with Gasteiger partial charge in [0.05, 0.1) is 17.2 Å². The molecule has 0 spiro atoms. The van der Waals surface area contributed by atoms with E-state index in [1.807, 2.05) is 6.07 Å². The molecule has 198 valence electrons. The molecule has 2 aromatic heterocycles. The summed E-state index contributed by atoms with van der Waals surface area (Å²) in [7, 11) is 1.76. The first-order valence-corrected chi connectivity index (χ1v) is 12.5. The molecule has 0 radical (unpaired) electrons. The van der Waals surface area contributed by atoms with Gasteiger partial charge in [0, 0.05) is 44.1 Å². The maximum atomic E-state index is 13.0. The van der Waals surface area contributed by atoms with E-state index in [0.29, 0.717) is 30.8 Å². The van der Waals surface area contributed by atoms with Crippen molar-refractivity contribution in [1.82, 2.24) is 19.9 Å². The second-order valence-electron chi connectivity index (χ2n) is 9.79. The lowest BCUT2D eigenvalue weighted by molar-refractivity contribution is -0.274. The highest BCUT2D eigenvalue weighted by Gasteiger charge is 2.32. The summed E-state index contributed by atoms with van der Waals surface area (Å²) in [5, 5.41) is 0. The van der Waals surface area contributed by atoms with Crippen molar-refractivity contribution in [2.75, 3.05) is 25.9 Å². The minimum Gasteiger partial charge on any atom is -0.406 e. The zero-order valence-corrected chi connectivity index (χ0v) is 20.6. The number of piperidine rings is 1. The number of halogens is 3. The number of nitrogens with zero attached hydrogens (tertiary/aromatic N) is 3. The van der Waals surface area contributed by atoms with Crippen LogP contribution in [0.15, 0.2) is 30.5 Å². The number of fused-ring (bicyclic) bond motifs is 1. The van der Waals surface area contributed by atoms with Crippen LogP contribution in [0.4, 0.5) is 18.9 Å². The Morgan fingerprint density at radius 1 is 1.08 bits per heavy atom. The van der Waals surface area contributed by atoms with Crippen LogP contribution in [0.25, 0.3) is 11.2 Å². The number of methoxy groups -OCH3 is 1. The van der Waals surface area contributed by atoms with Crippen molar-refractivity contribution < 1.29 is 27.4 Å². The predicted molar refractivity (Wildman–Crippen MR) is 131 cm³/mol. The standard InChI is InChI=1S/C26H30F3N5O3/c1-36-17-4-2-16(3-5-17)23-32-22-19(8-11-31-24(22)33-23)15-9-12-34(13-10-15)25(35)20-7-6-18(14-21(20)30)37-26(27,28)29/h6-8,11,14-17H,2-5,9-10,12-13,30H2,1H3,(H,31,32,33). The van der Waals surface area contributed by atoms with Gasteiger partial charge in [-0.1, -0.05) is 0 Å².